The Labute approximate surface area is 308 Å². The van der Waals surface area contributed by atoms with E-state index in [4.69, 9.17) is 32.7 Å². The second-order valence-electron chi connectivity index (χ2n) is 11.2. The molecule has 1 saturated heterocycles. The van der Waals surface area contributed by atoms with E-state index in [2.05, 4.69) is 10.6 Å². The number of hydrogen-bond donors (Lipinski definition) is 2. The number of amides is 4. The van der Waals surface area contributed by atoms with Gasteiger partial charge in [-0.3, -0.25) is 19.2 Å². The minimum Gasteiger partial charge on any atom is -0.495 e. The van der Waals surface area contributed by atoms with Crippen molar-refractivity contribution < 1.29 is 28.7 Å². The van der Waals surface area contributed by atoms with Crippen LogP contribution in [0, 0.1) is 0 Å². The van der Waals surface area contributed by atoms with Gasteiger partial charge in [-0.1, -0.05) is 59.6 Å². The van der Waals surface area contributed by atoms with Gasteiger partial charge in [0, 0.05) is 33.7 Å². The van der Waals surface area contributed by atoms with E-state index in [-0.39, 0.29) is 23.9 Å². The second kappa shape index (κ2) is 16.0. The zero-order chi connectivity index (χ0) is 35.9. The number of hydrogen-bond acceptors (Lipinski definition) is 7. The molecule has 2 N–H and O–H groups in total. The van der Waals surface area contributed by atoms with Crippen LogP contribution in [0.3, 0.4) is 0 Å². The average molecular weight is 739 g/mol. The molecule has 5 aromatic carbocycles. The van der Waals surface area contributed by atoms with E-state index in [1.54, 1.807) is 127 Å². The number of nitrogens with zero attached hydrogens (tertiary/aromatic N) is 1. The highest BCUT2D eigenvalue weighted by molar-refractivity contribution is 8.00. The van der Waals surface area contributed by atoms with E-state index in [0.29, 0.717) is 54.7 Å². The van der Waals surface area contributed by atoms with E-state index in [1.807, 2.05) is 0 Å². The molecule has 0 aromatic heterocycles. The Morgan fingerprint density at radius 1 is 0.843 bits per heavy atom. The zero-order valence-corrected chi connectivity index (χ0v) is 29.3. The number of carbonyl (C=O) groups excluding carboxylic acids is 4. The van der Waals surface area contributed by atoms with Gasteiger partial charge in [0.15, 0.2) is 0 Å². The van der Waals surface area contributed by atoms with Crippen molar-refractivity contribution in [3.8, 4) is 17.2 Å². The summed E-state index contributed by atoms with van der Waals surface area (Å²) in [6, 6.07) is 34.1. The SMILES string of the molecule is COc1cc(N2C(=O)C[C@H](Sc3cccc(NC(=O)/C(=C/c4ccc(Oc5ccc(Cl)cc5)cc4)NC(=O)c4ccccc4)c3)C2=O)ccc1Cl. The molecule has 5 aromatic rings. The first-order valence-electron chi connectivity index (χ1n) is 15.6. The molecule has 0 radical (unpaired) electrons. The molecule has 12 heteroatoms. The van der Waals surface area contributed by atoms with E-state index in [9.17, 15) is 19.2 Å². The summed E-state index contributed by atoms with van der Waals surface area (Å²) in [7, 11) is 1.45. The van der Waals surface area contributed by atoms with E-state index >= 15 is 0 Å². The summed E-state index contributed by atoms with van der Waals surface area (Å²) >= 11 is 13.3. The third-order valence-electron chi connectivity index (χ3n) is 7.64. The maximum absolute atomic E-state index is 13.7. The van der Waals surface area contributed by atoms with Crippen molar-refractivity contribution in [2.75, 3.05) is 17.3 Å². The van der Waals surface area contributed by atoms with Crippen LogP contribution in [0.5, 0.6) is 17.2 Å². The quantitative estimate of drug-likeness (QED) is 0.103. The molecule has 0 bridgehead atoms. The van der Waals surface area contributed by atoms with Crippen LogP contribution >= 0.6 is 35.0 Å². The van der Waals surface area contributed by atoms with Gasteiger partial charge in [0.05, 0.1) is 23.1 Å². The molecule has 0 spiro atoms. The van der Waals surface area contributed by atoms with Gasteiger partial charge >= 0.3 is 0 Å². The second-order valence-corrected chi connectivity index (χ2v) is 13.3. The molecule has 1 fully saturated rings. The number of imide groups is 1. The van der Waals surface area contributed by atoms with E-state index in [0.717, 1.165) is 4.90 Å². The summed E-state index contributed by atoms with van der Waals surface area (Å²) < 4.78 is 11.1. The molecule has 256 valence electrons. The third-order valence-corrected chi connectivity index (χ3v) is 9.38. The predicted octanol–water partition coefficient (Wildman–Crippen LogP) is 8.63. The standard InChI is InChI=1S/C39H29Cl2N3O6S/c1-49-34-22-28(14-19-32(34)41)44-36(45)23-35(39(44)48)51-31-9-5-8-27(21-31)42-38(47)33(43-37(46)25-6-3-2-4-7-25)20-24-10-15-29(16-11-24)50-30-17-12-26(40)13-18-30/h2-22,35H,23H2,1H3,(H,42,47)(H,43,46)/b33-20-/t35-/m0/s1. The molecule has 0 saturated carbocycles. The molecular formula is C39H29Cl2N3O6S. The fraction of sp³-hybridized carbons (Fsp3) is 0.0769. The first-order chi connectivity index (χ1) is 24.7. The van der Waals surface area contributed by atoms with Crippen molar-refractivity contribution in [2.24, 2.45) is 0 Å². The number of anilines is 2. The van der Waals surface area contributed by atoms with Gasteiger partial charge in [-0.15, -0.1) is 11.8 Å². The van der Waals surface area contributed by atoms with Crippen LogP contribution in [0.4, 0.5) is 11.4 Å². The Morgan fingerprint density at radius 3 is 2.25 bits per heavy atom. The molecule has 1 heterocycles. The Balaban J connectivity index is 1.18. The van der Waals surface area contributed by atoms with Crippen molar-refractivity contribution in [1.29, 1.82) is 0 Å². The molecular weight excluding hydrogens is 709 g/mol. The molecule has 1 aliphatic rings. The predicted molar refractivity (Wildman–Crippen MR) is 200 cm³/mol. The average Bonchev–Trinajstić information content (AvgIpc) is 3.41. The van der Waals surface area contributed by atoms with E-state index < -0.39 is 17.1 Å². The summed E-state index contributed by atoms with van der Waals surface area (Å²) in [5.74, 6) is -0.220. The van der Waals surface area contributed by atoms with Gasteiger partial charge in [-0.05, 0) is 90.5 Å². The summed E-state index contributed by atoms with van der Waals surface area (Å²) in [5, 5.41) is 5.86. The zero-order valence-electron chi connectivity index (χ0n) is 27.0. The number of benzene rings is 5. The lowest BCUT2D eigenvalue weighted by molar-refractivity contribution is -0.121. The first kappa shape index (κ1) is 35.3. The highest BCUT2D eigenvalue weighted by Gasteiger charge is 2.40. The van der Waals surface area contributed by atoms with Crippen LogP contribution in [0.15, 0.2) is 132 Å². The normalized spacial score (nSPS) is 14.3. The highest BCUT2D eigenvalue weighted by Crippen LogP contribution is 2.37. The van der Waals surface area contributed by atoms with Crippen molar-refractivity contribution in [3.63, 3.8) is 0 Å². The summed E-state index contributed by atoms with van der Waals surface area (Å²) in [5.41, 5.74) is 1.80. The monoisotopic (exact) mass is 737 g/mol. The Kier molecular flexibility index (Phi) is 11.1. The van der Waals surface area contributed by atoms with Crippen LogP contribution in [-0.2, 0) is 14.4 Å². The Morgan fingerprint density at radius 2 is 1.55 bits per heavy atom. The Hall–Kier alpha value is -5.55. The van der Waals surface area contributed by atoms with Crippen molar-refractivity contribution in [3.05, 3.63) is 148 Å². The fourth-order valence-corrected chi connectivity index (χ4v) is 6.58. The lowest BCUT2D eigenvalue weighted by Crippen LogP contribution is -2.31. The summed E-state index contributed by atoms with van der Waals surface area (Å²) in [6.45, 7) is 0. The van der Waals surface area contributed by atoms with Crippen LogP contribution in [0.1, 0.15) is 22.3 Å². The molecule has 9 nitrogen and oxygen atoms in total. The van der Waals surface area contributed by atoms with Crippen LogP contribution in [0.25, 0.3) is 6.08 Å². The molecule has 51 heavy (non-hydrogen) atoms. The third kappa shape index (κ3) is 8.79. The number of rotatable bonds is 11. The first-order valence-corrected chi connectivity index (χ1v) is 17.2. The number of halogens is 2. The number of ether oxygens (including phenoxy) is 2. The Bertz CT molecular complexity index is 2130. The molecule has 6 rings (SSSR count). The molecule has 4 amide bonds. The molecule has 0 aliphatic carbocycles. The largest absolute Gasteiger partial charge is 0.495 e. The lowest BCUT2D eigenvalue weighted by atomic mass is 10.1. The van der Waals surface area contributed by atoms with Gasteiger partial charge < -0.3 is 20.1 Å². The lowest BCUT2D eigenvalue weighted by Gasteiger charge is -2.16. The van der Waals surface area contributed by atoms with Crippen molar-refractivity contribution in [1.82, 2.24) is 5.32 Å². The van der Waals surface area contributed by atoms with Crippen LogP contribution in [-0.4, -0.2) is 36.0 Å². The van der Waals surface area contributed by atoms with Crippen molar-refractivity contribution >= 4 is 76.0 Å². The van der Waals surface area contributed by atoms with Gasteiger partial charge in [-0.2, -0.15) is 0 Å². The van der Waals surface area contributed by atoms with Gasteiger partial charge in [0.25, 0.3) is 11.8 Å². The van der Waals surface area contributed by atoms with Crippen molar-refractivity contribution in [2.45, 2.75) is 16.6 Å². The van der Waals surface area contributed by atoms with Crippen LogP contribution in [0.2, 0.25) is 10.0 Å². The maximum atomic E-state index is 13.7. The number of methoxy groups -OCH3 is 1. The summed E-state index contributed by atoms with van der Waals surface area (Å²) in [6.07, 6.45) is 1.55. The molecule has 1 aliphatic heterocycles. The van der Waals surface area contributed by atoms with E-state index in [1.165, 1.54) is 18.9 Å². The molecule has 1 atom stereocenters. The van der Waals surface area contributed by atoms with Crippen LogP contribution < -0.4 is 25.0 Å². The minimum absolute atomic E-state index is 0.00104. The number of nitrogens with one attached hydrogen (secondary N) is 2. The minimum atomic E-state index is -0.683. The fourth-order valence-electron chi connectivity index (χ4n) is 5.14. The van der Waals surface area contributed by atoms with Gasteiger partial charge in [0.2, 0.25) is 11.8 Å². The topological polar surface area (TPSA) is 114 Å². The maximum Gasteiger partial charge on any atom is 0.272 e. The number of thioether (sulfide) groups is 1. The van der Waals surface area contributed by atoms with Gasteiger partial charge in [0.1, 0.15) is 22.9 Å². The summed E-state index contributed by atoms with van der Waals surface area (Å²) in [4.78, 5) is 54.9. The van der Waals surface area contributed by atoms with Gasteiger partial charge in [-0.25, -0.2) is 4.90 Å². The number of carbonyl (C=O) groups is 4. The molecule has 0 unspecified atom stereocenters. The smallest absolute Gasteiger partial charge is 0.272 e. The highest BCUT2D eigenvalue weighted by atomic mass is 35.5.